The summed E-state index contributed by atoms with van der Waals surface area (Å²) in [6.07, 6.45) is 8.53. The van der Waals surface area contributed by atoms with Gasteiger partial charge in [-0.05, 0) is 36.6 Å². The average molecular weight is 386 g/mol. The van der Waals surface area contributed by atoms with Gasteiger partial charge in [0.2, 0.25) is 0 Å². The Morgan fingerprint density at radius 1 is 1.11 bits per heavy atom. The van der Waals surface area contributed by atoms with Gasteiger partial charge in [-0.25, -0.2) is 4.39 Å². The van der Waals surface area contributed by atoms with Gasteiger partial charge in [-0.2, -0.15) is 0 Å². The van der Waals surface area contributed by atoms with E-state index >= 15 is 0 Å². The van der Waals surface area contributed by atoms with Gasteiger partial charge < -0.3 is 14.8 Å². The summed E-state index contributed by atoms with van der Waals surface area (Å²) < 4.78 is 25.2. The molecule has 1 aliphatic rings. The number of methoxy groups -OCH3 is 1. The molecule has 0 amide bonds. The van der Waals surface area contributed by atoms with Crippen LogP contribution in [0.2, 0.25) is 0 Å². The van der Waals surface area contributed by atoms with Crippen molar-refractivity contribution in [1.82, 2.24) is 5.32 Å². The van der Waals surface area contributed by atoms with Gasteiger partial charge in [0.25, 0.3) is 0 Å². The first-order chi connectivity index (χ1) is 13.7. The second-order valence-electron chi connectivity index (χ2n) is 7.65. The first-order valence-electron chi connectivity index (χ1n) is 10.5. The minimum absolute atomic E-state index is 0.193. The Kier molecular flexibility index (Phi) is 7.72. The highest BCUT2D eigenvalue weighted by atomic mass is 19.1. The predicted octanol–water partition coefficient (Wildman–Crippen LogP) is 6.18. The van der Waals surface area contributed by atoms with Gasteiger partial charge in [0.15, 0.2) is 0 Å². The molecule has 0 aromatic heterocycles. The van der Waals surface area contributed by atoms with Gasteiger partial charge >= 0.3 is 0 Å². The Balaban J connectivity index is 1.66. The maximum absolute atomic E-state index is 13.5. The number of nitrogens with one attached hydrogen (secondary N) is 1. The Morgan fingerprint density at radius 2 is 1.96 bits per heavy atom. The van der Waals surface area contributed by atoms with Crippen molar-refractivity contribution >= 4 is 0 Å². The van der Waals surface area contributed by atoms with Crippen LogP contribution in [0.25, 0.3) is 0 Å². The summed E-state index contributed by atoms with van der Waals surface area (Å²) in [5, 5.41) is 3.61. The first-order valence-corrected chi connectivity index (χ1v) is 10.5. The van der Waals surface area contributed by atoms with Gasteiger partial charge in [-0.1, -0.05) is 50.8 Å². The van der Waals surface area contributed by atoms with Crippen molar-refractivity contribution in [1.29, 1.82) is 0 Å². The van der Waals surface area contributed by atoms with E-state index in [1.54, 1.807) is 19.2 Å². The van der Waals surface area contributed by atoms with E-state index in [0.717, 1.165) is 35.5 Å². The molecule has 2 atom stereocenters. The number of halogens is 1. The summed E-state index contributed by atoms with van der Waals surface area (Å²) in [7, 11) is 1.68. The lowest BCUT2D eigenvalue weighted by molar-refractivity contribution is 0.137. The molecule has 0 spiro atoms. The third kappa shape index (κ3) is 5.71. The minimum Gasteiger partial charge on any atom is -0.497 e. The Labute approximate surface area is 168 Å². The summed E-state index contributed by atoms with van der Waals surface area (Å²) in [6.45, 7) is 2.88. The van der Waals surface area contributed by atoms with Crippen LogP contribution in [0.1, 0.15) is 69.0 Å². The van der Waals surface area contributed by atoms with Crippen LogP contribution in [-0.2, 0) is 6.54 Å². The molecule has 152 valence electrons. The molecule has 0 saturated heterocycles. The van der Waals surface area contributed by atoms with Crippen molar-refractivity contribution in [2.24, 2.45) is 0 Å². The molecule has 0 aliphatic carbocycles. The van der Waals surface area contributed by atoms with Gasteiger partial charge in [-0.3, -0.25) is 0 Å². The number of benzene rings is 2. The molecule has 3 nitrogen and oxygen atoms in total. The van der Waals surface area contributed by atoms with Crippen molar-refractivity contribution in [3.05, 3.63) is 59.4 Å². The number of hydrogen-bond donors (Lipinski definition) is 1. The molecule has 1 N–H and O–H groups in total. The Morgan fingerprint density at radius 3 is 2.75 bits per heavy atom. The highest BCUT2D eigenvalue weighted by Gasteiger charge is 2.28. The summed E-state index contributed by atoms with van der Waals surface area (Å²) in [6, 6.07) is 13.0. The van der Waals surface area contributed by atoms with Crippen LogP contribution in [0.5, 0.6) is 11.5 Å². The molecular weight excluding hydrogens is 353 g/mol. The van der Waals surface area contributed by atoms with E-state index in [1.807, 2.05) is 18.2 Å². The van der Waals surface area contributed by atoms with Crippen molar-refractivity contribution < 1.29 is 13.9 Å². The lowest BCUT2D eigenvalue weighted by atomic mass is 9.93. The highest BCUT2D eigenvalue weighted by Crippen LogP contribution is 2.38. The summed E-state index contributed by atoms with van der Waals surface area (Å²) >= 11 is 0. The van der Waals surface area contributed by atoms with E-state index in [9.17, 15) is 4.39 Å². The van der Waals surface area contributed by atoms with Gasteiger partial charge in [0, 0.05) is 30.6 Å². The highest BCUT2D eigenvalue weighted by molar-refractivity contribution is 5.44. The van der Waals surface area contributed by atoms with Crippen molar-refractivity contribution in [2.45, 2.75) is 70.6 Å². The SMILES string of the molecule is CCCCCCCC1CC(NCc2cccc(F)c2)c2ccc(OC)cc2O1. The smallest absolute Gasteiger partial charge is 0.128 e. The monoisotopic (exact) mass is 385 g/mol. The van der Waals surface area contributed by atoms with E-state index < -0.39 is 0 Å². The molecule has 0 bridgehead atoms. The van der Waals surface area contributed by atoms with Crippen molar-refractivity contribution in [2.75, 3.05) is 7.11 Å². The number of unbranched alkanes of at least 4 members (excludes halogenated alkanes) is 4. The third-order valence-corrected chi connectivity index (χ3v) is 5.46. The summed E-state index contributed by atoms with van der Waals surface area (Å²) in [4.78, 5) is 0. The van der Waals surface area contributed by atoms with Crippen molar-refractivity contribution in [3.8, 4) is 11.5 Å². The van der Waals surface area contributed by atoms with Crippen LogP contribution in [0.15, 0.2) is 42.5 Å². The van der Waals surface area contributed by atoms with Crippen LogP contribution >= 0.6 is 0 Å². The second-order valence-corrected chi connectivity index (χ2v) is 7.65. The van der Waals surface area contributed by atoms with Crippen LogP contribution in [0.3, 0.4) is 0 Å². The van der Waals surface area contributed by atoms with Crippen LogP contribution in [-0.4, -0.2) is 13.2 Å². The quantitative estimate of drug-likeness (QED) is 0.496. The first kappa shape index (κ1) is 20.7. The molecule has 2 unspecified atom stereocenters. The molecule has 1 heterocycles. The maximum atomic E-state index is 13.5. The second kappa shape index (κ2) is 10.5. The zero-order chi connectivity index (χ0) is 19.8. The molecule has 0 saturated carbocycles. The molecule has 1 aliphatic heterocycles. The van der Waals surface area contributed by atoms with E-state index in [4.69, 9.17) is 9.47 Å². The molecule has 4 heteroatoms. The zero-order valence-electron chi connectivity index (χ0n) is 17.0. The standard InChI is InChI=1S/C24H32FNO2/c1-3-4-5-6-7-11-21-15-23(26-17-18-9-8-10-19(25)14-18)22-13-12-20(27-2)16-24(22)28-21/h8-10,12-14,16,21,23,26H,3-7,11,15,17H2,1-2H3. The summed E-state index contributed by atoms with van der Waals surface area (Å²) in [5.41, 5.74) is 2.11. The molecule has 2 aromatic rings. The molecule has 0 radical (unpaired) electrons. The largest absolute Gasteiger partial charge is 0.497 e. The number of rotatable bonds is 10. The third-order valence-electron chi connectivity index (χ3n) is 5.46. The molecule has 3 rings (SSSR count). The lowest BCUT2D eigenvalue weighted by Gasteiger charge is -2.33. The van der Waals surface area contributed by atoms with Gasteiger partial charge in [0.1, 0.15) is 23.4 Å². The lowest BCUT2D eigenvalue weighted by Crippen LogP contribution is -2.32. The number of ether oxygens (including phenoxy) is 2. The van der Waals surface area contributed by atoms with Gasteiger partial charge in [-0.15, -0.1) is 0 Å². The Hall–Kier alpha value is -2.07. The van der Waals surface area contributed by atoms with E-state index in [2.05, 4.69) is 18.3 Å². The fourth-order valence-electron chi connectivity index (χ4n) is 3.88. The van der Waals surface area contributed by atoms with Gasteiger partial charge in [0.05, 0.1) is 7.11 Å². The van der Waals surface area contributed by atoms with Crippen molar-refractivity contribution in [3.63, 3.8) is 0 Å². The average Bonchev–Trinajstić information content (AvgIpc) is 2.71. The molecular formula is C24H32FNO2. The number of hydrogen-bond acceptors (Lipinski definition) is 3. The Bertz CT molecular complexity index is 749. The van der Waals surface area contributed by atoms with Crippen LogP contribution in [0, 0.1) is 5.82 Å². The topological polar surface area (TPSA) is 30.5 Å². The molecule has 0 fully saturated rings. The van der Waals surface area contributed by atoms with Crippen LogP contribution in [0.4, 0.5) is 4.39 Å². The molecule has 2 aromatic carbocycles. The summed E-state index contributed by atoms with van der Waals surface area (Å²) in [5.74, 6) is 1.52. The fraction of sp³-hybridized carbons (Fsp3) is 0.500. The number of fused-ring (bicyclic) bond motifs is 1. The van der Waals surface area contributed by atoms with E-state index in [1.165, 1.54) is 38.2 Å². The van der Waals surface area contributed by atoms with E-state index in [0.29, 0.717) is 6.54 Å². The zero-order valence-corrected chi connectivity index (χ0v) is 17.0. The fourth-order valence-corrected chi connectivity index (χ4v) is 3.88. The normalized spacial score (nSPS) is 18.4. The molecule has 28 heavy (non-hydrogen) atoms. The minimum atomic E-state index is -0.193. The predicted molar refractivity (Wildman–Crippen MR) is 111 cm³/mol. The van der Waals surface area contributed by atoms with E-state index in [-0.39, 0.29) is 18.0 Å². The maximum Gasteiger partial charge on any atom is 0.128 e. The van der Waals surface area contributed by atoms with Crippen LogP contribution < -0.4 is 14.8 Å².